The summed E-state index contributed by atoms with van der Waals surface area (Å²) in [6.45, 7) is 4.35. The number of guanidine groups is 1. The van der Waals surface area contributed by atoms with E-state index in [1.807, 2.05) is 26.2 Å². The van der Waals surface area contributed by atoms with Crippen LogP contribution in [0.2, 0.25) is 0 Å². The number of para-hydroxylation sites is 1. The third-order valence-electron chi connectivity index (χ3n) is 4.62. The maximum absolute atomic E-state index is 5.56. The first-order chi connectivity index (χ1) is 13.2. The van der Waals surface area contributed by atoms with Gasteiger partial charge in [-0.1, -0.05) is 18.2 Å². The van der Waals surface area contributed by atoms with Gasteiger partial charge in [-0.2, -0.15) is 0 Å². The maximum Gasteiger partial charge on any atom is 0.191 e. The number of nitrogens with one attached hydrogen (secondary N) is 3. The summed E-state index contributed by atoms with van der Waals surface area (Å²) in [4.78, 5) is 10.2. The molecule has 0 amide bonds. The topological polar surface area (TPSA) is 68.6 Å². The molecule has 27 heavy (non-hydrogen) atoms. The van der Waals surface area contributed by atoms with Gasteiger partial charge in [0, 0.05) is 30.2 Å². The van der Waals surface area contributed by atoms with Crippen LogP contribution in [0.25, 0.3) is 10.9 Å². The molecule has 3 aromatic rings. The molecule has 0 aliphatic heterocycles. The Morgan fingerprint density at radius 3 is 2.78 bits per heavy atom. The summed E-state index contributed by atoms with van der Waals surface area (Å²) in [5.41, 5.74) is 2.50. The van der Waals surface area contributed by atoms with Crippen molar-refractivity contribution in [3.05, 3.63) is 60.2 Å². The quantitative estimate of drug-likeness (QED) is 0.423. The van der Waals surface area contributed by atoms with Crippen molar-refractivity contribution in [3.8, 4) is 0 Å². The van der Waals surface area contributed by atoms with Crippen LogP contribution in [0.5, 0.6) is 0 Å². The van der Waals surface area contributed by atoms with Crippen LogP contribution in [0.1, 0.15) is 24.3 Å². The van der Waals surface area contributed by atoms with Crippen LogP contribution in [0, 0.1) is 0 Å². The third-order valence-corrected chi connectivity index (χ3v) is 4.62. The zero-order chi connectivity index (χ0) is 19.1. The standard InChI is InChI=1S/C21H29N5O/c1-4-22-21(25-15-19(26(2)3)20-10-7-13-27-20)23-12-11-16-14-24-18-9-6-5-8-17(16)18/h5-10,13-14,19,24H,4,11-12,15H2,1-3H3,(H2,22,23,25). The van der Waals surface area contributed by atoms with Gasteiger partial charge in [0.2, 0.25) is 0 Å². The van der Waals surface area contributed by atoms with Gasteiger partial charge >= 0.3 is 0 Å². The Hall–Kier alpha value is -2.73. The van der Waals surface area contributed by atoms with E-state index in [4.69, 9.17) is 9.41 Å². The Balaban J connectivity index is 1.60. The highest BCUT2D eigenvalue weighted by Gasteiger charge is 2.16. The first-order valence-corrected chi connectivity index (χ1v) is 9.46. The van der Waals surface area contributed by atoms with E-state index in [9.17, 15) is 0 Å². The Bertz CT molecular complexity index is 850. The molecule has 3 N–H and O–H groups in total. The Kier molecular flexibility index (Phi) is 6.54. The lowest BCUT2D eigenvalue weighted by Crippen LogP contribution is -2.39. The van der Waals surface area contributed by atoms with Gasteiger partial charge in [0.25, 0.3) is 0 Å². The summed E-state index contributed by atoms with van der Waals surface area (Å²) in [5, 5.41) is 8.04. The number of H-pyrrole nitrogens is 1. The van der Waals surface area contributed by atoms with Crippen LogP contribution in [0.15, 0.2) is 58.3 Å². The number of rotatable bonds is 8. The van der Waals surface area contributed by atoms with Crippen molar-refractivity contribution in [2.24, 2.45) is 4.99 Å². The molecule has 0 fully saturated rings. The van der Waals surface area contributed by atoms with Crippen LogP contribution in [0.3, 0.4) is 0 Å². The molecule has 0 saturated carbocycles. The summed E-state index contributed by atoms with van der Waals surface area (Å²) in [6.07, 6.45) is 4.74. The number of nitrogens with zero attached hydrogens (tertiary/aromatic N) is 2. The van der Waals surface area contributed by atoms with E-state index < -0.39 is 0 Å². The lowest BCUT2D eigenvalue weighted by Gasteiger charge is -2.21. The molecule has 0 bridgehead atoms. The summed E-state index contributed by atoms with van der Waals surface area (Å²) < 4.78 is 5.56. The molecule has 2 aromatic heterocycles. The number of aliphatic imine (C=N–C) groups is 1. The molecule has 3 rings (SSSR count). The van der Waals surface area contributed by atoms with Crippen molar-refractivity contribution in [2.45, 2.75) is 19.4 Å². The van der Waals surface area contributed by atoms with Crippen LogP contribution >= 0.6 is 0 Å². The largest absolute Gasteiger partial charge is 0.468 e. The lowest BCUT2D eigenvalue weighted by atomic mass is 10.1. The van der Waals surface area contributed by atoms with Crippen molar-refractivity contribution < 1.29 is 4.42 Å². The summed E-state index contributed by atoms with van der Waals surface area (Å²) in [7, 11) is 4.08. The van der Waals surface area contributed by atoms with Crippen LogP contribution in [0.4, 0.5) is 0 Å². The first kappa shape index (κ1) is 19.0. The number of hydrogen-bond donors (Lipinski definition) is 3. The smallest absolute Gasteiger partial charge is 0.191 e. The number of hydrogen-bond acceptors (Lipinski definition) is 3. The molecular weight excluding hydrogens is 338 g/mol. The number of likely N-dealkylation sites (N-methyl/N-ethyl adjacent to an activating group) is 1. The molecule has 0 spiro atoms. The second-order valence-corrected chi connectivity index (χ2v) is 6.75. The predicted molar refractivity (Wildman–Crippen MR) is 111 cm³/mol. The van der Waals surface area contributed by atoms with E-state index in [2.05, 4.69) is 57.9 Å². The summed E-state index contributed by atoms with van der Waals surface area (Å²) in [5.74, 6) is 1.76. The van der Waals surface area contributed by atoms with Gasteiger partial charge in [-0.3, -0.25) is 9.89 Å². The van der Waals surface area contributed by atoms with E-state index in [-0.39, 0.29) is 6.04 Å². The van der Waals surface area contributed by atoms with Crippen molar-refractivity contribution in [3.63, 3.8) is 0 Å². The first-order valence-electron chi connectivity index (χ1n) is 9.46. The van der Waals surface area contributed by atoms with Gasteiger partial charge in [0.15, 0.2) is 5.96 Å². The molecule has 6 nitrogen and oxygen atoms in total. The molecule has 1 aromatic carbocycles. The fraction of sp³-hybridized carbons (Fsp3) is 0.381. The van der Waals surface area contributed by atoms with E-state index in [0.29, 0.717) is 6.54 Å². The van der Waals surface area contributed by atoms with Gasteiger partial charge < -0.3 is 20.0 Å². The van der Waals surface area contributed by atoms with Gasteiger partial charge in [0.1, 0.15) is 5.76 Å². The normalized spacial score (nSPS) is 13.3. The second kappa shape index (κ2) is 9.28. The lowest BCUT2D eigenvalue weighted by molar-refractivity contribution is 0.265. The molecule has 0 radical (unpaired) electrons. The molecule has 0 aliphatic rings. The molecular formula is C21H29N5O. The van der Waals surface area contributed by atoms with E-state index >= 15 is 0 Å². The van der Waals surface area contributed by atoms with Crippen molar-refractivity contribution >= 4 is 16.9 Å². The van der Waals surface area contributed by atoms with Gasteiger partial charge in [-0.25, -0.2) is 0 Å². The fourth-order valence-corrected chi connectivity index (χ4v) is 3.16. The number of aromatic amines is 1. The van der Waals surface area contributed by atoms with Crippen molar-refractivity contribution in [1.29, 1.82) is 0 Å². The number of fused-ring (bicyclic) bond motifs is 1. The number of aromatic nitrogens is 1. The van der Waals surface area contributed by atoms with Crippen molar-refractivity contribution in [2.75, 3.05) is 33.7 Å². The highest BCUT2D eigenvalue weighted by molar-refractivity contribution is 5.83. The SMILES string of the molecule is CCNC(=NCC(c1ccco1)N(C)C)NCCc1c[nH]c2ccccc12. The molecule has 2 heterocycles. The number of benzene rings is 1. The van der Waals surface area contributed by atoms with Gasteiger partial charge in [0.05, 0.1) is 18.8 Å². The minimum Gasteiger partial charge on any atom is -0.468 e. The monoisotopic (exact) mass is 367 g/mol. The van der Waals surface area contributed by atoms with E-state index in [1.165, 1.54) is 16.5 Å². The zero-order valence-electron chi connectivity index (χ0n) is 16.3. The maximum atomic E-state index is 5.56. The minimum absolute atomic E-state index is 0.115. The van der Waals surface area contributed by atoms with E-state index in [0.717, 1.165) is 31.2 Å². The second-order valence-electron chi connectivity index (χ2n) is 6.75. The average molecular weight is 367 g/mol. The molecule has 0 saturated heterocycles. The Morgan fingerprint density at radius 1 is 1.19 bits per heavy atom. The average Bonchev–Trinajstić information content (AvgIpc) is 3.32. The fourth-order valence-electron chi connectivity index (χ4n) is 3.16. The summed E-state index contributed by atoms with van der Waals surface area (Å²) >= 11 is 0. The minimum atomic E-state index is 0.115. The predicted octanol–water partition coefficient (Wildman–Crippen LogP) is 3.16. The van der Waals surface area contributed by atoms with Gasteiger partial charge in [-0.15, -0.1) is 0 Å². The third kappa shape index (κ3) is 4.92. The molecule has 6 heteroatoms. The molecule has 144 valence electrons. The molecule has 1 atom stereocenters. The van der Waals surface area contributed by atoms with Crippen LogP contribution < -0.4 is 10.6 Å². The van der Waals surface area contributed by atoms with Gasteiger partial charge in [-0.05, 0) is 51.2 Å². The van der Waals surface area contributed by atoms with E-state index in [1.54, 1.807) is 6.26 Å². The Labute approximate surface area is 160 Å². The summed E-state index contributed by atoms with van der Waals surface area (Å²) in [6, 6.07) is 12.4. The highest BCUT2D eigenvalue weighted by Crippen LogP contribution is 2.19. The Morgan fingerprint density at radius 2 is 2.04 bits per heavy atom. The van der Waals surface area contributed by atoms with Crippen LogP contribution in [-0.4, -0.2) is 49.6 Å². The highest BCUT2D eigenvalue weighted by atomic mass is 16.3. The molecule has 1 unspecified atom stereocenters. The number of furan rings is 1. The van der Waals surface area contributed by atoms with Crippen molar-refractivity contribution in [1.82, 2.24) is 20.5 Å². The molecule has 0 aliphatic carbocycles. The van der Waals surface area contributed by atoms with Crippen LogP contribution in [-0.2, 0) is 6.42 Å². The zero-order valence-corrected chi connectivity index (χ0v) is 16.3.